The van der Waals surface area contributed by atoms with Crippen molar-refractivity contribution in [3.05, 3.63) is 97.9 Å². The molecule has 0 N–H and O–H groups in total. The molecule has 12 nitrogen and oxygen atoms in total. The van der Waals surface area contributed by atoms with E-state index in [1.165, 1.54) is 48.7 Å². The minimum Gasteiger partial charge on any atom is -0.318 e. The molecule has 16 heteroatoms. The number of aromatic nitrogens is 12. The highest BCUT2D eigenvalue weighted by Gasteiger charge is 2.30. The Kier molecular flexibility index (Phi) is 12.9. The third-order valence-corrected chi connectivity index (χ3v) is 11.2. The van der Waals surface area contributed by atoms with Gasteiger partial charge in [0.05, 0.1) is 43.0 Å². The average molecular weight is 849 g/mol. The lowest BCUT2D eigenvalue weighted by Gasteiger charge is -2.22. The quantitative estimate of drug-likeness (QED) is 0.118. The lowest BCUT2D eigenvalue weighted by molar-refractivity contribution is 0.141. The lowest BCUT2D eigenvalue weighted by Crippen LogP contribution is -2.25. The zero-order chi connectivity index (χ0) is 44.2. The van der Waals surface area contributed by atoms with Crippen molar-refractivity contribution >= 4 is 22.3 Å². The van der Waals surface area contributed by atoms with Crippen LogP contribution >= 0.6 is 0 Å². The van der Waals surface area contributed by atoms with Crippen LogP contribution in [0.4, 0.5) is 17.6 Å². The first kappa shape index (κ1) is 43.8. The van der Waals surface area contributed by atoms with Crippen LogP contribution in [0.5, 0.6) is 0 Å². The number of fused-ring (bicyclic) bond motifs is 2. The Morgan fingerprint density at radius 3 is 1.98 bits per heavy atom. The van der Waals surface area contributed by atoms with Crippen LogP contribution in [0.15, 0.2) is 86.4 Å². The maximum Gasteiger partial charge on any atom is 0.280 e. The molecule has 8 heterocycles. The monoisotopic (exact) mass is 848 g/mol. The maximum absolute atomic E-state index is 14.9. The number of rotatable bonds is 11. The molecule has 324 valence electrons. The van der Waals surface area contributed by atoms with Gasteiger partial charge in [-0.2, -0.15) is 10.2 Å². The van der Waals surface area contributed by atoms with Gasteiger partial charge in [-0.15, -0.1) is 0 Å². The fourth-order valence-electron chi connectivity index (χ4n) is 8.16. The molecule has 1 saturated carbocycles. The van der Waals surface area contributed by atoms with Gasteiger partial charge in [0, 0.05) is 85.0 Å². The predicted octanol–water partition coefficient (Wildman–Crippen LogP) is 11.0. The van der Waals surface area contributed by atoms with E-state index < -0.39 is 12.1 Å². The Bertz CT molecular complexity index is 2780. The van der Waals surface area contributed by atoms with Crippen LogP contribution in [-0.4, -0.2) is 64.3 Å². The third kappa shape index (κ3) is 9.43. The molecule has 1 aliphatic rings. The summed E-state index contributed by atoms with van der Waals surface area (Å²) in [6, 6.07) is 7.95. The van der Waals surface area contributed by atoms with E-state index >= 15 is 0 Å². The second-order valence-corrected chi connectivity index (χ2v) is 16.3. The van der Waals surface area contributed by atoms with Crippen LogP contribution in [0.2, 0.25) is 0 Å². The second-order valence-electron chi connectivity index (χ2n) is 16.3. The highest BCUT2D eigenvalue weighted by atomic mass is 19.3. The first-order valence-electron chi connectivity index (χ1n) is 21.0. The van der Waals surface area contributed by atoms with Crippen molar-refractivity contribution in [3.63, 3.8) is 0 Å². The van der Waals surface area contributed by atoms with Gasteiger partial charge < -0.3 is 9.13 Å². The number of hydrogen-bond acceptors (Lipinski definition) is 8. The summed E-state index contributed by atoms with van der Waals surface area (Å²) < 4.78 is 63.4. The first-order valence-corrected chi connectivity index (χ1v) is 21.0. The largest absolute Gasteiger partial charge is 0.318 e. The van der Waals surface area contributed by atoms with Gasteiger partial charge in [0.25, 0.3) is 6.43 Å². The zero-order valence-corrected chi connectivity index (χ0v) is 36.2. The van der Waals surface area contributed by atoms with Crippen LogP contribution in [0, 0.1) is 11.2 Å². The SMILES string of the molecule is CC.CCCC(C)(F)Cn1cc(-c2ccc(C(F)F)nc2-c2cnc3c(c2)ncn3C)cn1.Cn1cnc2cc(-c3nccc(F)c3-c3cnn(CC4(C)CCCC4)c3)cnc21. The van der Waals surface area contributed by atoms with Gasteiger partial charge in [-0.25, -0.2) is 42.5 Å². The molecular formula is C46H52F4N12. The van der Waals surface area contributed by atoms with E-state index in [0.29, 0.717) is 51.2 Å². The van der Waals surface area contributed by atoms with Crippen molar-refractivity contribution in [1.29, 1.82) is 0 Å². The van der Waals surface area contributed by atoms with E-state index in [-0.39, 0.29) is 23.5 Å². The summed E-state index contributed by atoms with van der Waals surface area (Å²) in [5.74, 6) is -0.317. The molecule has 0 bridgehead atoms. The van der Waals surface area contributed by atoms with Gasteiger partial charge in [-0.05, 0) is 55.9 Å². The van der Waals surface area contributed by atoms with E-state index in [0.717, 1.165) is 35.3 Å². The number of hydrogen-bond donors (Lipinski definition) is 0. The maximum atomic E-state index is 14.9. The topological polar surface area (TPSA) is 123 Å². The first-order chi connectivity index (χ1) is 29.8. The summed E-state index contributed by atoms with van der Waals surface area (Å²) in [5.41, 5.74) is 6.09. The second kappa shape index (κ2) is 18.3. The molecular weight excluding hydrogens is 797 g/mol. The fraction of sp³-hybridized carbons (Fsp3) is 0.391. The summed E-state index contributed by atoms with van der Waals surface area (Å²) >= 11 is 0. The number of nitrogens with zero attached hydrogens (tertiary/aromatic N) is 12. The lowest BCUT2D eigenvalue weighted by atomic mass is 9.89. The number of alkyl halides is 3. The van der Waals surface area contributed by atoms with Crippen LogP contribution in [0.1, 0.15) is 85.3 Å². The minimum atomic E-state index is -2.71. The van der Waals surface area contributed by atoms with Crippen molar-refractivity contribution < 1.29 is 17.6 Å². The summed E-state index contributed by atoms with van der Waals surface area (Å²) in [5, 5.41) is 8.80. The molecule has 9 rings (SSSR count). The summed E-state index contributed by atoms with van der Waals surface area (Å²) in [4.78, 5) is 26.2. The minimum absolute atomic E-state index is 0.111. The van der Waals surface area contributed by atoms with Gasteiger partial charge in [-0.3, -0.25) is 14.3 Å². The Morgan fingerprint density at radius 2 is 1.35 bits per heavy atom. The fourth-order valence-corrected chi connectivity index (χ4v) is 8.16. The Labute approximate surface area is 358 Å². The van der Waals surface area contributed by atoms with Crippen LogP contribution in [0.25, 0.3) is 67.1 Å². The van der Waals surface area contributed by atoms with Gasteiger partial charge in [-0.1, -0.05) is 53.0 Å². The highest BCUT2D eigenvalue weighted by molar-refractivity contribution is 5.86. The van der Waals surface area contributed by atoms with Crippen molar-refractivity contribution in [1.82, 2.24) is 58.6 Å². The van der Waals surface area contributed by atoms with Crippen LogP contribution < -0.4 is 0 Å². The molecule has 1 aliphatic carbocycles. The molecule has 1 fully saturated rings. The number of aryl methyl sites for hydroxylation is 2. The molecule has 0 aliphatic heterocycles. The third-order valence-electron chi connectivity index (χ3n) is 11.2. The molecule has 8 aromatic heterocycles. The van der Waals surface area contributed by atoms with Crippen molar-refractivity contribution in [2.45, 2.75) is 98.3 Å². The van der Waals surface area contributed by atoms with E-state index in [9.17, 15) is 17.6 Å². The van der Waals surface area contributed by atoms with E-state index in [2.05, 4.69) is 47.0 Å². The Morgan fingerprint density at radius 1 is 0.758 bits per heavy atom. The van der Waals surface area contributed by atoms with Gasteiger partial charge in [0.15, 0.2) is 11.3 Å². The van der Waals surface area contributed by atoms with E-state index in [1.54, 1.807) is 67.3 Å². The average Bonchev–Trinajstić information content (AvgIpc) is 4.12. The van der Waals surface area contributed by atoms with Gasteiger partial charge in [0.2, 0.25) is 0 Å². The van der Waals surface area contributed by atoms with Crippen LogP contribution in [-0.2, 0) is 27.2 Å². The Balaban J connectivity index is 0.000000180. The number of halogens is 4. The predicted molar refractivity (Wildman–Crippen MR) is 233 cm³/mol. The standard InChI is InChI=1S/C22H23F3N6.C22H23FN6.C2H6/c1-4-7-22(2,25)12-31-11-15(10-28-31)16-5-6-17(20(23)24)29-19(16)14-8-18-21(26-9-14)30(3)13-27-18;1-22(6-3-4-7-22)13-29-12-16(11-27-29)19-17(23)5-8-24-20(19)15-9-18-21(25-10-15)28(2)14-26-18;1-2/h5-6,8-11,13,20H,4,7,12H2,1-3H3;5,8-12,14H,3-4,6-7,13H2,1-2H3;1-2H3. The van der Waals surface area contributed by atoms with Crippen molar-refractivity contribution in [2.75, 3.05) is 0 Å². The Hall–Kier alpha value is -6.32. The molecule has 0 radical (unpaired) electrons. The number of imidazole rings is 2. The van der Waals surface area contributed by atoms with Crippen molar-refractivity contribution in [3.8, 4) is 44.8 Å². The molecule has 62 heavy (non-hydrogen) atoms. The smallest absolute Gasteiger partial charge is 0.280 e. The summed E-state index contributed by atoms with van der Waals surface area (Å²) in [6.45, 7) is 10.8. The van der Waals surface area contributed by atoms with Gasteiger partial charge in [0.1, 0.15) is 28.2 Å². The molecule has 1 unspecified atom stereocenters. The zero-order valence-electron chi connectivity index (χ0n) is 36.2. The molecule has 0 aromatic carbocycles. The summed E-state index contributed by atoms with van der Waals surface area (Å²) in [7, 11) is 3.72. The molecule has 8 aromatic rings. The number of pyridine rings is 4. The van der Waals surface area contributed by atoms with E-state index in [4.69, 9.17) is 0 Å². The van der Waals surface area contributed by atoms with Crippen LogP contribution in [0.3, 0.4) is 0 Å². The highest BCUT2D eigenvalue weighted by Crippen LogP contribution is 2.40. The normalized spacial score (nSPS) is 14.5. The van der Waals surface area contributed by atoms with Crippen molar-refractivity contribution in [2.24, 2.45) is 19.5 Å². The van der Waals surface area contributed by atoms with Gasteiger partial charge >= 0.3 is 0 Å². The molecule has 0 amide bonds. The molecule has 0 spiro atoms. The van der Waals surface area contributed by atoms with E-state index in [1.807, 2.05) is 56.4 Å². The summed E-state index contributed by atoms with van der Waals surface area (Å²) in [6.07, 6.45) is 18.5. The molecule has 1 atom stereocenters. The molecule has 0 saturated heterocycles.